The van der Waals surface area contributed by atoms with Gasteiger partial charge in [0, 0.05) is 6.20 Å². The Hall–Kier alpha value is -1.50. The van der Waals surface area contributed by atoms with Gasteiger partial charge >= 0.3 is 7.12 Å². The van der Waals surface area contributed by atoms with Gasteiger partial charge in [0.2, 0.25) is 0 Å². The number of rotatable bonds is 3. The summed E-state index contributed by atoms with van der Waals surface area (Å²) in [5.41, 5.74) is 0.0185. The second-order valence-corrected chi connectivity index (χ2v) is 7.52. The molecule has 1 fully saturated rings. The van der Waals surface area contributed by atoms with Crippen LogP contribution < -0.4 is 0 Å². The lowest BCUT2D eigenvalue weighted by atomic mass is 9.87. The Morgan fingerprint density at radius 1 is 1.22 bits per heavy atom. The summed E-state index contributed by atoms with van der Waals surface area (Å²) in [7, 11) is -0.974. The van der Waals surface area contributed by atoms with Gasteiger partial charge in [0.15, 0.2) is 0 Å². The van der Waals surface area contributed by atoms with E-state index in [4.69, 9.17) is 9.31 Å². The van der Waals surface area contributed by atoms with Crippen LogP contribution in [0.2, 0.25) is 0 Å². The molecule has 3 nitrogen and oxygen atoms in total. The van der Waals surface area contributed by atoms with E-state index in [1.165, 1.54) is 6.08 Å². The minimum absolute atomic E-state index is 0.438. The number of hydrogen-bond donors (Lipinski definition) is 0. The Morgan fingerprint density at radius 3 is 2.52 bits per heavy atom. The van der Waals surface area contributed by atoms with Crippen molar-refractivity contribution >= 4 is 24.5 Å². The van der Waals surface area contributed by atoms with E-state index in [9.17, 15) is 4.39 Å². The number of aromatic nitrogens is 1. The maximum atomic E-state index is 14.5. The summed E-state index contributed by atoms with van der Waals surface area (Å²) in [5, 5.41) is 1.99. The fraction of sp³-hybridized carbons (Fsp3) is 0.353. The molecule has 0 atom stereocenters. The summed E-state index contributed by atoms with van der Waals surface area (Å²) in [6.07, 6.45) is 3.12. The van der Waals surface area contributed by atoms with Crippen LogP contribution in [-0.2, 0) is 9.31 Å². The fourth-order valence-corrected chi connectivity index (χ4v) is 2.97. The molecule has 0 bridgehead atoms. The summed E-state index contributed by atoms with van der Waals surface area (Å²) >= 11 is 1.60. The molecule has 0 radical (unpaired) electrons. The van der Waals surface area contributed by atoms with Crippen LogP contribution in [0.1, 0.15) is 33.3 Å². The molecule has 1 saturated heterocycles. The van der Waals surface area contributed by atoms with E-state index in [0.29, 0.717) is 0 Å². The summed E-state index contributed by atoms with van der Waals surface area (Å²) < 4.78 is 26.0. The second-order valence-electron chi connectivity index (χ2n) is 6.57. The van der Waals surface area contributed by atoms with Crippen LogP contribution in [0, 0.1) is 0 Å². The molecule has 3 heterocycles. The van der Waals surface area contributed by atoms with Gasteiger partial charge in [0.05, 0.1) is 21.8 Å². The monoisotopic (exact) mass is 331 g/mol. The highest BCUT2D eigenvalue weighted by molar-refractivity contribution is 7.13. The normalized spacial score (nSPS) is 20.0. The largest absolute Gasteiger partial charge is 0.525 e. The number of halogens is 1. The third-order valence-corrected chi connectivity index (χ3v) is 5.23. The van der Waals surface area contributed by atoms with E-state index < -0.39 is 24.0 Å². The van der Waals surface area contributed by atoms with Gasteiger partial charge in [-0.25, -0.2) is 4.39 Å². The van der Waals surface area contributed by atoms with Crippen molar-refractivity contribution < 1.29 is 13.7 Å². The predicted octanol–water partition coefficient (Wildman–Crippen LogP) is 4.75. The zero-order valence-electron chi connectivity index (χ0n) is 13.7. The van der Waals surface area contributed by atoms with E-state index in [0.717, 1.165) is 16.1 Å². The Morgan fingerprint density at radius 2 is 1.91 bits per heavy atom. The molecule has 120 valence electrons. The van der Waals surface area contributed by atoms with E-state index >= 15 is 0 Å². The molecular weight excluding hydrogens is 312 g/mol. The zero-order chi connectivity index (χ0) is 16.7. The lowest BCUT2D eigenvalue weighted by molar-refractivity contribution is 0.00578. The van der Waals surface area contributed by atoms with Crippen LogP contribution in [0.15, 0.2) is 41.6 Å². The van der Waals surface area contributed by atoms with Crippen molar-refractivity contribution in [3.63, 3.8) is 0 Å². The van der Waals surface area contributed by atoms with Crippen LogP contribution in [0.25, 0.3) is 16.6 Å². The SMILES string of the molecule is CC1(C)OB(C(F)=Cc2ccnc(-c3cccs3)c2)OC1(C)C. The first-order valence-corrected chi connectivity index (χ1v) is 8.39. The Kier molecular flexibility index (Phi) is 4.17. The molecular formula is C17H19BFNO2S. The van der Waals surface area contributed by atoms with Crippen LogP contribution in [0.3, 0.4) is 0 Å². The van der Waals surface area contributed by atoms with Gasteiger partial charge in [-0.3, -0.25) is 4.98 Å². The van der Waals surface area contributed by atoms with E-state index in [-0.39, 0.29) is 0 Å². The summed E-state index contributed by atoms with van der Waals surface area (Å²) in [5.74, 6) is 0. The highest BCUT2D eigenvalue weighted by Crippen LogP contribution is 2.39. The van der Waals surface area contributed by atoms with Crippen molar-refractivity contribution in [3.05, 3.63) is 47.1 Å². The summed E-state index contributed by atoms with van der Waals surface area (Å²) in [4.78, 5) is 5.38. The summed E-state index contributed by atoms with van der Waals surface area (Å²) in [6.45, 7) is 7.62. The molecule has 1 aliphatic rings. The molecule has 0 aromatic carbocycles. The zero-order valence-corrected chi connectivity index (χ0v) is 14.5. The smallest absolute Gasteiger partial charge is 0.398 e. The van der Waals surface area contributed by atoms with Crippen molar-refractivity contribution in [1.82, 2.24) is 4.98 Å². The molecule has 0 spiro atoms. The molecule has 23 heavy (non-hydrogen) atoms. The Labute approximate surface area is 140 Å². The molecule has 0 aliphatic carbocycles. The quantitative estimate of drug-likeness (QED) is 0.761. The minimum atomic E-state index is -0.974. The van der Waals surface area contributed by atoms with E-state index in [1.54, 1.807) is 23.6 Å². The van der Waals surface area contributed by atoms with Crippen LogP contribution in [0.5, 0.6) is 0 Å². The first-order chi connectivity index (χ1) is 10.8. The van der Waals surface area contributed by atoms with Crippen LogP contribution in [0.4, 0.5) is 4.39 Å². The third-order valence-electron chi connectivity index (χ3n) is 4.34. The first kappa shape index (κ1) is 16.4. The van der Waals surface area contributed by atoms with Crippen molar-refractivity contribution in [1.29, 1.82) is 0 Å². The molecule has 2 aromatic rings. The minimum Gasteiger partial charge on any atom is -0.398 e. The third kappa shape index (κ3) is 3.25. The highest BCUT2D eigenvalue weighted by Gasteiger charge is 2.53. The second kappa shape index (κ2) is 5.85. The molecule has 0 N–H and O–H groups in total. The number of nitrogens with zero attached hydrogens (tertiary/aromatic N) is 1. The van der Waals surface area contributed by atoms with Crippen LogP contribution >= 0.6 is 11.3 Å². The maximum Gasteiger partial charge on any atom is 0.525 e. The standard InChI is InChI=1S/C17H19BFNO2S/c1-16(2)17(3,4)22-18(21-16)15(19)11-12-7-8-20-13(10-12)14-6-5-9-23-14/h5-11H,1-4H3. The molecule has 0 unspecified atom stereocenters. The van der Waals surface area contributed by atoms with Gasteiger partial charge in [-0.15, -0.1) is 11.3 Å². The Bertz CT molecular complexity index is 712. The average molecular weight is 331 g/mol. The first-order valence-electron chi connectivity index (χ1n) is 7.51. The lowest BCUT2D eigenvalue weighted by Gasteiger charge is -2.32. The number of pyridine rings is 1. The topological polar surface area (TPSA) is 31.4 Å². The highest BCUT2D eigenvalue weighted by atomic mass is 32.1. The van der Waals surface area contributed by atoms with Gasteiger partial charge < -0.3 is 9.31 Å². The molecule has 3 rings (SSSR count). The number of hydrogen-bond acceptors (Lipinski definition) is 4. The molecule has 0 saturated carbocycles. The van der Waals surface area contributed by atoms with Crippen molar-refractivity contribution in [2.45, 2.75) is 38.9 Å². The van der Waals surface area contributed by atoms with Gasteiger partial charge in [-0.1, -0.05) is 6.07 Å². The van der Waals surface area contributed by atoms with Crippen LogP contribution in [-0.4, -0.2) is 23.3 Å². The average Bonchev–Trinajstić information content (AvgIpc) is 3.06. The van der Waals surface area contributed by atoms with Crippen molar-refractivity contribution in [2.75, 3.05) is 0 Å². The van der Waals surface area contributed by atoms with E-state index in [1.807, 2.05) is 51.3 Å². The fourth-order valence-electron chi connectivity index (χ4n) is 2.28. The van der Waals surface area contributed by atoms with Gasteiger partial charge in [0.25, 0.3) is 0 Å². The van der Waals surface area contributed by atoms with E-state index in [2.05, 4.69) is 4.98 Å². The number of thiophene rings is 1. The van der Waals surface area contributed by atoms with Crippen molar-refractivity contribution in [2.24, 2.45) is 0 Å². The van der Waals surface area contributed by atoms with Gasteiger partial charge in [0.1, 0.15) is 5.73 Å². The predicted molar refractivity (Wildman–Crippen MR) is 92.7 cm³/mol. The van der Waals surface area contributed by atoms with Crippen molar-refractivity contribution in [3.8, 4) is 10.6 Å². The molecule has 6 heteroatoms. The van der Waals surface area contributed by atoms with Gasteiger partial charge in [-0.05, 0) is 62.9 Å². The maximum absolute atomic E-state index is 14.5. The lowest BCUT2D eigenvalue weighted by Crippen LogP contribution is -2.41. The molecule has 2 aromatic heterocycles. The summed E-state index contributed by atoms with van der Waals surface area (Å²) in [6, 6.07) is 7.58. The van der Waals surface area contributed by atoms with Gasteiger partial charge in [-0.2, -0.15) is 0 Å². The molecule has 0 amide bonds. The Balaban J connectivity index is 1.84. The molecule has 1 aliphatic heterocycles.